The average Bonchev–Trinajstić information content (AvgIpc) is 2.63. The normalized spacial score (nSPS) is 26.3. The predicted molar refractivity (Wildman–Crippen MR) is 69.5 cm³/mol. The summed E-state index contributed by atoms with van der Waals surface area (Å²) in [5.74, 6) is 0. The van der Waals surface area contributed by atoms with Gasteiger partial charge in [0.05, 0.1) is 5.54 Å². The van der Waals surface area contributed by atoms with Gasteiger partial charge in [0, 0.05) is 10.1 Å². The molecule has 0 saturated carbocycles. The maximum atomic E-state index is 4.82. The molecule has 0 spiro atoms. The van der Waals surface area contributed by atoms with E-state index >= 15 is 0 Å². The van der Waals surface area contributed by atoms with Crippen LogP contribution in [-0.2, 0) is 0 Å². The lowest BCUT2D eigenvalue weighted by molar-refractivity contribution is 0.540. The summed E-state index contributed by atoms with van der Waals surface area (Å²) in [5, 5.41) is 0. The van der Waals surface area contributed by atoms with Gasteiger partial charge < -0.3 is 0 Å². The van der Waals surface area contributed by atoms with E-state index in [0.29, 0.717) is 0 Å². The van der Waals surface area contributed by atoms with E-state index in [1.807, 2.05) is 0 Å². The molecule has 0 aromatic heterocycles. The minimum absolute atomic E-state index is 0.186. The van der Waals surface area contributed by atoms with Crippen LogP contribution in [-0.4, -0.2) is 15.7 Å². The molecular weight excluding hydrogens is 285 g/mol. The van der Waals surface area contributed by atoms with Crippen LogP contribution in [0.1, 0.15) is 25.3 Å². The Morgan fingerprint density at radius 1 is 1.36 bits per heavy atom. The summed E-state index contributed by atoms with van der Waals surface area (Å²) in [6.45, 7) is 2.25. The fraction of sp³-hybridized carbons (Fsp3) is 0.417. The Morgan fingerprint density at radius 3 is 2.64 bits per heavy atom. The standard InChI is InChI=1S/C12H14IN/c1-12(9-13)8-7-11(14-12)10-5-3-2-4-6-10/h2-6H,7-9H2,1H3. The molecule has 0 saturated heterocycles. The number of hydrogen-bond acceptors (Lipinski definition) is 1. The lowest BCUT2D eigenvalue weighted by atomic mass is 10.0. The molecule has 1 aliphatic rings. The molecule has 1 atom stereocenters. The SMILES string of the molecule is CC1(CI)CCC(c2ccccc2)=N1. The van der Waals surface area contributed by atoms with Crippen LogP contribution in [0.4, 0.5) is 0 Å². The van der Waals surface area contributed by atoms with Gasteiger partial charge in [-0.25, -0.2) is 0 Å². The molecule has 1 aromatic carbocycles. The van der Waals surface area contributed by atoms with Gasteiger partial charge in [0.25, 0.3) is 0 Å². The molecule has 2 heteroatoms. The van der Waals surface area contributed by atoms with Crippen LogP contribution >= 0.6 is 22.6 Å². The molecule has 0 bridgehead atoms. The number of benzene rings is 1. The Bertz CT molecular complexity index is 345. The molecule has 0 N–H and O–H groups in total. The third-order valence-corrected chi connectivity index (χ3v) is 4.34. The van der Waals surface area contributed by atoms with Gasteiger partial charge >= 0.3 is 0 Å². The number of halogens is 1. The molecule has 0 radical (unpaired) electrons. The molecule has 1 aromatic rings. The summed E-state index contributed by atoms with van der Waals surface area (Å²) in [5.41, 5.74) is 2.76. The van der Waals surface area contributed by atoms with Crippen molar-refractivity contribution in [2.75, 3.05) is 4.43 Å². The summed E-state index contributed by atoms with van der Waals surface area (Å²) < 4.78 is 1.11. The van der Waals surface area contributed by atoms with Crippen molar-refractivity contribution in [3.05, 3.63) is 35.9 Å². The van der Waals surface area contributed by atoms with E-state index in [4.69, 9.17) is 4.99 Å². The van der Waals surface area contributed by atoms with E-state index in [0.717, 1.165) is 10.8 Å². The van der Waals surface area contributed by atoms with Gasteiger partial charge in [-0.15, -0.1) is 0 Å². The third kappa shape index (κ3) is 2.00. The molecule has 1 nitrogen and oxygen atoms in total. The number of nitrogens with zero attached hydrogens (tertiary/aromatic N) is 1. The first-order valence-corrected chi connectivity index (χ1v) is 6.46. The van der Waals surface area contributed by atoms with Gasteiger partial charge in [0.1, 0.15) is 0 Å². The zero-order valence-corrected chi connectivity index (χ0v) is 10.5. The second-order valence-corrected chi connectivity index (χ2v) is 4.82. The third-order valence-electron chi connectivity index (χ3n) is 2.70. The topological polar surface area (TPSA) is 12.4 Å². The van der Waals surface area contributed by atoms with Gasteiger partial charge in [0.15, 0.2) is 0 Å². The zero-order valence-electron chi connectivity index (χ0n) is 8.33. The molecule has 1 unspecified atom stereocenters. The fourth-order valence-corrected chi connectivity index (χ4v) is 2.31. The van der Waals surface area contributed by atoms with Crippen LogP contribution in [0.3, 0.4) is 0 Å². The van der Waals surface area contributed by atoms with Crippen molar-refractivity contribution >= 4 is 28.3 Å². The van der Waals surface area contributed by atoms with E-state index in [-0.39, 0.29) is 5.54 Å². The van der Waals surface area contributed by atoms with Gasteiger partial charge in [-0.2, -0.15) is 0 Å². The summed E-state index contributed by atoms with van der Waals surface area (Å²) in [6.07, 6.45) is 2.32. The van der Waals surface area contributed by atoms with Gasteiger partial charge in [-0.1, -0.05) is 52.9 Å². The summed E-state index contributed by atoms with van der Waals surface area (Å²) in [4.78, 5) is 4.82. The van der Waals surface area contributed by atoms with E-state index in [2.05, 4.69) is 59.8 Å². The highest BCUT2D eigenvalue weighted by atomic mass is 127. The van der Waals surface area contributed by atoms with Crippen molar-refractivity contribution in [2.24, 2.45) is 4.99 Å². The molecule has 74 valence electrons. The first kappa shape index (κ1) is 10.1. The first-order chi connectivity index (χ1) is 6.73. The summed E-state index contributed by atoms with van der Waals surface area (Å²) in [6, 6.07) is 10.5. The number of aliphatic imine (C=N–C) groups is 1. The average molecular weight is 299 g/mol. The molecule has 14 heavy (non-hydrogen) atoms. The number of rotatable bonds is 2. The molecular formula is C12H14IN. The maximum Gasteiger partial charge on any atom is 0.0676 e. The quantitative estimate of drug-likeness (QED) is 0.586. The smallest absolute Gasteiger partial charge is 0.0676 e. The van der Waals surface area contributed by atoms with Crippen LogP contribution in [0.2, 0.25) is 0 Å². The van der Waals surface area contributed by atoms with Crippen LogP contribution in [0.5, 0.6) is 0 Å². The highest BCUT2D eigenvalue weighted by Gasteiger charge is 2.28. The Morgan fingerprint density at radius 2 is 2.07 bits per heavy atom. The largest absolute Gasteiger partial charge is 0.282 e. The monoisotopic (exact) mass is 299 g/mol. The fourth-order valence-electron chi connectivity index (χ4n) is 1.76. The van der Waals surface area contributed by atoms with Crippen molar-refractivity contribution < 1.29 is 0 Å². The lowest BCUT2D eigenvalue weighted by Gasteiger charge is -2.15. The molecule has 0 aliphatic carbocycles. The summed E-state index contributed by atoms with van der Waals surface area (Å²) >= 11 is 2.43. The lowest BCUT2D eigenvalue weighted by Crippen LogP contribution is -2.19. The number of alkyl halides is 1. The highest BCUT2D eigenvalue weighted by Crippen LogP contribution is 2.29. The molecule has 2 rings (SSSR count). The molecule has 0 fully saturated rings. The van der Waals surface area contributed by atoms with E-state index in [1.54, 1.807) is 0 Å². The minimum atomic E-state index is 0.186. The molecule has 1 heterocycles. The Balaban J connectivity index is 2.27. The van der Waals surface area contributed by atoms with Crippen LogP contribution in [0.25, 0.3) is 0 Å². The highest BCUT2D eigenvalue weighted by molar-refractivity contribution is 14.1. The van der Waals surface area contributed by atoms with Crippen LogP contribution < -0.4 is 0 Å². The van der Waals surface area contributed by atoms with Crippen LogP contribution in [0.15, 0.2) is 35.3 Å². The number of hydrogen-bond donors (Lipinski definition) is 0. The Hall–Kier alpha value is -0.380. The van der Waals surface area contributed by atoms with Crippen molar-refractivity contribution in [2.45, 2.75) is 25.3 Å². The van der Waals surface area contributed by atoms with Crippen molar-refractivity contribution in [1.29, 1.82) is 0 Å². The zero-order chi connectivity index (χ0) is 10.0. The van der Waals surface area contributed by atoms with Gasteiger partial charge in [0.2, 0.25) is 0 Å². The Kier molecular flexibility index (Phi) is 2.91. The van der Waals surface area contributed by atoms with Crippen molar-refractivity contribution in [3.63, 3.8) is 0 Å². The summed E-state index contributed by atoms with van der Waals surface area (Å²) in [7, 11) is 0. The molecule has 0 amide bonds. The van der Waals surface area contributed by atoms with E-state index in [9.17, 15) is 0 Å². The predicted octanol–water partition coefficient (Wildman–Crippen LogP) is 3.46. The maximum absolute atomic E-state index is 4.82. The Labute approximate surface area is 98.8 Å². The molecule has 1 aliphatic heterocycles. The second-order valence-electron chi connectivity index (χ2n) is 4.06. The van der Waals surface area contributed by atoms with E-state index in [1.165, 1.54) is 17.7 Å². The second kappa shape index (κ2) is 4.01. The first-order valence-electron chi connectivity index (χ1n) is 4.94. The van der Waals surface area contributed by atoms with Crippen molar-refractivity contribution in [3.8, 4) is 0 Å². The van der Waals surface area contributed by atoms with Gasteiger partial charge in [-0.05, 0) is 25.3 Å². The van der Waals surface area contributed by atoms with Crippen molar-refractivity contribution in [1.82, 2.24) is 0 Å². The minimum Gasteiger partial charge on any atom is -0.282 e. The van der Waals surface area contributed by atoms with Crippen LogP contribution in [0, 0.1) is 0 Å². The van der Waals surface area contributed by atoms with Gasteiger partial charge in [-0.3, -0.25) is 4.99 Å². The van der Waals surface area contributed by atoms with E-state index < -0.39 is 0 Å².